The number of aromatic amines is 1. The number of H-pyrrole nitrogens is 1. The Hall–Kier alpha value is -2.65. The molecule has 1 amide bonds. The van der Waals surface area contributed by atoms with Gasteiger partial charge in [-0.05, 0) is 24.3 Å². The fraction of sp³-hybridized carbons (Fsp3) is 0.429. The molecule has 1 fully saturated rings. The van der Waals surface area contributed by atoms with Gasteiger partial charge in [-0.25, -0.2) is 9.78 Å². The first kappa shape index (κ1) is 16.2. The Kier molecular flexibility index (Phi) is 3.90. The van der Waals surface area contributed by atoms with Crippen molar-refractivity contribution in [3.8, 4) is 5.82 Å². The van der Waals surface area contributed by atoms with Gasteiger partial charge in [0.1, 0.15) is 0 Å². The monoisotopic (exact) mass is 341 g/mol. The Morgan fingerprint density at radius 2 is 2.17 bits per heavy atom. The molecular formula is C14H14F3N5O2. The van der Waals surface area contributed by atoms with Gasteiger partial charge in [0.15, 0.2) is 11.5 Å². The molecule has 128 valence electrons. The van der Waals surface area contributed by atoms with Crippen molar-refractivity contribution in [2.75, 3.05) is 6.54 Å². The van der Waals surface area contributed by atoms with Crippen LogP contribution in [0.5, 0.6) is 0 Å². The Balaban J connectivity index is 1.93. The van der Waals surface area contributed by atoms with Crippen LogP contribution in [0.4, 0.5) is 13.2 Å². The molecule has 10 heteroatoms. The van der Waals surface area contributed by atoms with Crippen LogP contribution in [0.3, 0.4) is 0 Å². The van der Waals surface area contributed by atoms with Crippen LogP contribution in [0.2, 0.25) is 0 Å². The summed E-state index contributed by atoms with van der Waals surface area (Å²) in [6.07, 6.45) is -3.01. The molecular weight excluding hydrogens is 327 g/mol. The van der Waals surface area contributed by atoms with E-state index in [4.69, 9.17) is 0 Å². The molecule has 3 rings (SSSR count). The van der Waals surface area contributed by atoms with Gasteiger partial charge in [0.05, 0.1) is 11.8 Å². The number of nitrogens with zero attached hydrogens (tertiary/aromatic N) is 3. The van der Waals surface area contributed by atoms with Crippen LogP contribution in [0.1, 0.15) is 29.4 Å². The highest BCUT2D eigenvalue weighted by Gasteiger charge is 2.41. The summed E-state index contributed by atoms with van der Waals surface area (Å²) in [5.74, 6) is -0.298. The molecule has 1 aliphatic carbocycles. The maximum absolute atomic E-state index is 13.4. The molecule has 0 spiro atoms. The lowest BCUT2D eigenvalue weighted by molar-refractivity contribution is -0.143. The number of amides is 1. The first-order valence-electron chi connectivity index (χ1n) is 7.27. The standard InChI is InChI=1S/C14H14F3N5O2/c1-7-4-8(7)5-18-13(24)9-6-19-22(12(9)14(15,16)17)10-2-3-11(23)21-20-10/h2-3,6-8H,4-5H2,1H3,(H,18,24)(H,21,23)/t7-,8+/m0/s1. The van der Waals surface area contributed by atoms with Crippen LogP contribution in [0, 0.1) is 11.8 Å². The van der Waals surface area contributed by atoms with Crippen LogP contribution >= 0.6 is 0 Å². The van der Waals surface area contributed by atoms with Crippen molar-refractivity contribution in [1.82, 2.24) is 25.3 Å². The number of nitrogens with one attached hydrogen (secondary N) is 2. The summed E-state index contributed by atoms with van der Waals surface area (Å²) in [6.45, 7) is 2.34. The van der Waals surface area contributed by atoms with Gasteiger partial charge in [-0.1, -0.05) is 6.92 Å². The van der Waals surface area contributed by atoms with Crippen molar-refractivity contribution in [3.05, 3.63) is 39.9 Å². The number of carbonyl (C=O) groups is 1. The van der Waals surface area contributed by atoms with Gasteiger partial charge < -0.3 is 5.32 Å². The minimum Gasteiger partial charge on any atom is -0.352 e. The van der Waals surface area contributed by atoms with E-state index < -0.39 is 28.9 Å². The minimum atomic E-state index is -4.81. The van der Waals surface area contributed by atoms with Crippen LogP contribution in [0.25, 0.3) is 5.82 Å². The number of halogens is 3. The van der Waals surface area contributed by atoms with Crippen LogP contribution < -0.4 is 10.9 Å². The second-order valence-electron chi connectivity index (χ2n) is 5.78. The highest BCUT2D eigenvalue weighted by molar-refractivity contribution is 5.95. The molecule has 2 N–H and O–H groups in total. The van der Waals surface area contributed by atoms with Crippen LogP contribution in [-0.4, -0.2) is 32.4 Å². The molecule has 2 atom stereocenters. The molecule has 0 radical (unpaired) electrons. The van der Waals surface area contributed by atoms with Crippen LogP contribution in [-0.2, 0) is 6.18 Å². The molecule has 0 aliphatic heterocycles. The summed E-state index contributed by atoms with van der Waals surface area (Å²) in [5.41, 5.74) is -2.37. The van der Waals surface area contributed by atoms with E-state index in [1.54, 1.807) is 0 Å². The molecule has 0 saturated heterocycles. The maximum atomic E-state index is 13.4. The van der Waals surface area contributed by atoms with Crippen molar-refractivity contribution in [2.24, 2.45) is 11.8 Å². The smallest absolute Gasteiger partial charge is 0.352 e. The predicted octanol–water partition coefficient (Wildman–Crippen LogP) is 1.36. The first-order valence-corrected chi connectivity index (χ1v) is 7.27. The highest BCUT2D eigenvalue weighted by atomic mass is 19.4. The van der Waals surface area contributed by atoms with Crippen molar-refractivity contribution in [3.63, 3.8) is 0 Å². The molecule has 0 bridgehead atoms. The number of hydrogen-bond acceptors (Lipinski definition) is 4. The lowest BCUT2D eigenvalue weighted by atomic mass is 10.2. The van der Waals surface area contributed by atoms with Crippen molar-refractivity contribution in [2.45, 2.75) is 19.5 Å². The summed E-state index contributed by atoms with van der Waals surface area (Å²) in [4.78, 5) is 23.1. The lowest BCUT2D eigenvalue weighted by Crippen LogP contribution is -2.28. The SMILES string of the molecule is C[C@H]1C[C@@H]1CNC(=O)c1cnn(-c2ccc(=O)[nH]n2)c1C(F)(F)F. The van der Waals surface area contributed by atoms with E-state index in [2.05, 4.69) is 15.5 Å². The Bertz CT molecular complexity index is 806. The summed E-state index contributed by atoms with van der Waals surface area (Å²) < 4.78 is 40.7. The average molecular weight is 341 g/mol. The van der Waals surface area contributed by atoms with Crippen molar-refractivity contribution >= 4 is 5.91 Å². The van der Waals surface area contributed by atoms with Gasteiger partial charge in [-0.3, -0.25) is 9.59 Å². The molecule has 2 aromatic heterocycles. The van der Waals surface area contributed by atoms with E-state index >= 15 is 0 Å². The van der Waals surface area contributed by atoms with Crippen molar-refractivity contribution < 1.29 is 18.0 Å². The normalized spacial score (nSPS) is 20.0. The summed E-state index contributed by atoms with van der Waals surface area (Å²) in [6, 6.07) is 2.12. The predicted molar refractivity (Wildman–Crippen MR) is 76.6 cm³/mol. The Morgan fingerprint density at radius 3 is 2.71 bits per heavy atom. The molecule has 0 aromatic carbocycles. The average Bonchev–Trinajstić information content (AvgIpc) is 3.03. The second-order valence-corrected chi connectivity index (χ2v) is 5.78. The minimum absolute atomic E-state index is 0.239. The zero-order valence-electron chi connectivity index (χ0n) is 12.6. The molecule has 1 aliphatic rings. The summed E-state index contributed by atoms with van der Waals surface area (Å²) >= 11 is 0. The van der Waals surface area contributed by atoms with E-state index in [1.165, 1.54) is 0 Å². The van der Waals surface area contributed by atoms with Gasteiger partial charge in [0.2, 0.25) is 0 Å². The topological polar surface area (TPSA) is 92.7 Å². The maximum Gasteiger partial charge on any atom is 0.434 e. The van der Waals surface area contributed by atoms with E-state index in [9.17, 15) is 22.8 Å². The third-order valence-corrected chi connectivity index (χ3v) is 3.96. The number of aromatic nitrogens is 4. The molecule has 2 heterocycles. The quantitative estimate of drug-likeness (QED) is 0.878. The van der Waals surface area contributed by atoms with Gasteiger partial charge in [0.25, 0.3) is 11.5 Å². The zero-order valence-corrected chi connectivity index (χ0v) is 12.6. The Morgan fingerprint density at radius 1 is 1.46 bits per heavy atom. The number of hydrogen-bond donors (Lipinski definition) is 2. The third-order valence-electron chi connectivity index (χ3n) is 3.96. The third kappa shape index (κ3) is 3.17. The fourth-order valence-corrected chi connectivity index (χ4v) is 2.42. The van der Waals surface area contributed by atoms with Gasteiger partial charge >= 0.3 is 6.18 Å². The van der Waals surface area contributed by atoms with E-state index in [1.807, 2.05) is 12.0 Å². The van der Waals surface area contributed by atoms with Gasteiger partial charge in [0, 0.05) is 12.6 Å². The largest absolute Gasteiger partial charge is 0.434 e. The summed E-state index contributed by atoms with van der Waals surface area (Å²) in [5, 5.41) is 11.7. The van der Waals surface area contributed by atoms with Gasteiger partial charge in [-0.15, -0.1) is 0 Å². The molecule has 0 unspecified atom stereocenters. The van der Waals surface area contributed by atoms with E-state index in [0.717, 1.165) is 24.8 Å². The number of alkyl halides is 3. The molecule has 24 heavy (non-hydrogen) atoms. The lowest BCUT2D eigenvalue weighted by Gasteiger charge is -2.12. The van der Waals surface area contributed by atoms with Gasteiger partial charge in [-0.2, -0.15) is 23.4 Å². The number of rotatable bonds is 4. The van der Waals surface area contributed by atoms with Crippen molar-refractivity contribution in [1.29, 1.82) is 0 Å². The second kappa shape index (κ2) is 5.77. The zero-order chi connectivity index (χ0) is 17.5. The highest BCUT2D eigenvalue weighted by Crippen LogP contribution is 2.37. The molecule has 2 aromatic rings. The van der Waals surface area contributed by atoms with E-state index in [0.29, 0.717) is 23.1 Å². The number of carbonyl (C=O) groups excluding carboxylic acids is 1. The molecule has 1 saturated carbocycles. The molecule has 7 nitrogen and oxygen atoms in total. The Labute approximate surface area is 133 Å². The van der Waals surface area contributed by atoms with Crippen LogP contribution in [0.15, 0.2) is 23.1 Å². The fourth-order valence-electron chi connectivity index (χ4n) is 2.42. The van der Waals surface area contributed by atoms with E-state index in [-0.39, 0.29) is 5.82 Å². The summed E-state index contributed by atoms with van der Waals surface area (Å²) in [7, 11) is 0. The first-order chi connectivity index (χ1) is 11.3.